The molecular formula is C8H10ClFN4. The van der Waals surface area contributed by atoms with E-state index in [0.29, 0.717) is 6.54 Å². The lowest BCUT2D eigenvalue weighted by atomic mass is 10.2. The van der Waals surface area contributed by atoms with Crippen molar-refractivity contribution in [2.24, 2.45) is 16.6 Å². The van der Waals surface area contributed by atoms with Crippen LogP contribution in [0.1, 0.15) is 5.56 Å². The molecule has 0 aromatic heterocycles. The Kier molecular flexibility index (Phi) is 3.67. The molecule has 0 aliphatic rings. The van der Waals surface area contributed by atoms with Gasteiger partial charge < -0.3 is 5.73 Å². The first-order chi connectivity index (χ1) is 6.63. The van der Waals surface area contributed by atoms with Gasteiger partial charge in [0.1, 0.15) is 5.82 Å². The molecule has 0 spiro atoms. The van der Waals surface area contributed by atoms with Crippen LogP contribution in [0.5, 0.6) is 0 Å². The molecule has 6 heteroatoms. The highest BCUT2D eigenvalue weighted by Crippen LogP contribution is 2.16. The molecule has 1 aromatic carbocycles. The predicted octanol–water partition coefficient (Wildman–Crippen LogP) is 0.757. The third-order valence-corrected chi connectivity index (χ3v) is 1.85. The number of guanidine groups is 1. The van der Waals surface area contributed by atoms with Crippen LogP contribution in [0.2, 0.25) is 5.02 Å². The van der Waals surface area contributed by atoms with Gasteiger partial charge in [-0.3, -0.25) is 5.43 Å². The van der Waals surface area contributed by atoms with E-state index in [9.17, 15) is 4.39 Å². The van der Waals surface area contributed by atoms with Gasteiger partial charge in [0, 0.05) is 0 Å². The minimum atomic E-state index is -0.454. The molecule has 0 atom stereocenters. The molecule has 0 fully saturated rings. The van der Waals surface area contributed by atoms with Gasteiger partial charge in [0.2, 0.25) is 5.96 Å². The monoisotopic (exact) mass is 216 g/mol. The molecule has 0 unspecified atom stereocenters. The fourth-order valence-corrected chi connectivity index (χ4v) is 1.06. The van der Waals surface area contributed by atoms with Gasteiger partial charge in [-0.1, -0.05) is 17.7 Å². The molecule has 4 nitrogen and oxygen atoms in total. The van der Waals surface area contributed by atoms with E-state index in [2.05, 4.69) is 10.4 Å². The smallest absolute Gasteiger partial charge is 0.203 e. The number of nitrogens with one attached hydrogen (secondary N) is 1. The summed E-state index contributed by atoms with van der Waals surface area (Å²) in [5.74, 6) is 4.66. The molecule has 1 rings (SSSR count). The van der Waals surface area contributed by atoms with Crippen LogP contribution in [0.4, 0.5) is 4.39 Å². The zero-order chi connectivity index (χ0) is 10.6. The fourth-order valence-electron chi connectivity index (χ4n) is 0.860. The van der Waals surface area contributed by atoms with E-state index in [1.165, 1.54) is 12.1 Å². The number of halogens is 2. The van der Waals surface area contributed by atoms with Crippen LogP contribution in [0.3, 0.4) is 0 Å². The van der Waals surface area contributed by atoms with Gasteiger partial charge in [-0.2, -0.15) is 0 Å². The first kappa shape index (κ1) is 10.7. The van der Waals surface area contributed by atoms with Crippen molar-refractivity contribution < 1.29 is 4.39 Å². The standard InChI is InChI=1S/C8H10ClFN4/c9-6-3-5(1-2-7(6)10)4-13-8(11)14-12/h1-3H,4,12H2,(H3,11,13,14). The van der Waals surface area contributed by atoms with E-state index in [4.69, 9.17) is 23.2 Å². The van der Waals surface area contributed by atoms with Gasteiger partial charge in [-0.25, -0.2) is 15.2 Å². The summed E-state index contributed by atoms with van der Waals surface area (Å²) in [7, 11) is 0. The summed E-state index contributed by atoms with van der Waals surface area (Å²) in [5.41, 5.74) is 8.24. The third-order valence-electron chi connectivity index (χ3n) is 1.56. The zero-order valence-corrected chi connectivity index (χ0v) is 8.05. The Balaban J connectivity index is 2.73. The van der Waals surface area contributed by atoms with Crippen molar-refractivity contribution in [1.29, 1.82) is 0 Å². The Hall–Kier alpha value is -1.33. The molecule has 1 aromatic rings. The Labute approximate surface area is 85.7 Å². The maximum absolute atomic E-state index is 12.7. The van der Waals surface area contributed by atoms with Gasteiger partial charge >= 0.3 is 0 Å². The minimum absolute atomic E-state index is 0.0666. The Morgan fingerprint density at radius 1 is 1.57 bits per heavy atom. The van der Waals surface area contributed by atoms with E-state index in [0.717, 1.165) is 5.56 Å². The van der Waals surface area contributed by atoms with Gasteiger partial charge in [0.15, 0.2) is 0 Å². The second-order valence-electron chi connectivity index (χ2n) is 2.59. The predicted molar refractivity (Wildman–Crippen MR) is 54.1 cm³/mol. The number of nitrogens with two attached hydrogens (primary N) is 2. The molecule has 0 aliphatic heterocycles. The van der Waals surface area contributed by atoms with E-state index in [-0.39, 0.29) is 11.0 Å². The van der Waals surface area contributed by atoms with E-state index in [1.54, 1.807) is 6.07 Å². The lowest BCUT2D eigenvalue weighted by Gasteiger charge is -2.00. The molecule has 0 heterocycles. The SMILES string of the molecule is NNC(N)=NCc1ccc(F)c(Cl)c1. The van der Waals surface area contributed by atoms with Gasteiger partial charge in [0.25, 0.3) is 0 Å². The number of nitrogens with zero attached hydrogens (tertiary/aromatic N) is 1. The summed E-state index contributed by atoms with van der Waals surface area (Å²) >= 11 is 5.57. The summed E-state index contributed by atoms with van der Waals surface area (Å²) in [6.45, 7) is 0.302. The first-order valence-corrected chi connectivity index (χ1v) is 4.21. The topological polar surface area (TPSA) is 76.4 Å². The van der Waals surface area contributed by atoms with Crippen molar-refractivity contribution in [3.8, 4) is 0 Å². The molecule has 14 heavy (non-hydrogen) atoms. The maximum atomic E-state index is 12.7. The average Bonchev–Trinajstić information content (AvgIpc) is 2.19. The lowest BCUT2D eigenvalue weighted by molar-refractivity contribution is 0.627. The van der Waals surface area contributed by atoms with Crippen LogP contribution in [0.25, 0.3) is 0 Å². The number of aliphatic imine (C=N–C) groups is 1. The van der Waals surface area contributed by atoms with Crippen molar-refractivity contribution in [3.63, 3.8) is 0 Å². The van der Waals surface area contributed by atoms with Gasteiger partial charge in [-0.05, 0) is 17.7 Å². The normalized spacial score (nSPS) is 11.5. The quantitative estimate of drug-likeness (QED) is 0.296. The lowest BCUT2D eigenvalue weighted by Crippen LogP contribution is -2.37. The van der Waals surface area contributed by atoms with Crippen LogP contribution in [0.15, 0.2) is 23.2 Å². The fraction of sp³-hybridized carbons (Fsp3) is 0.125. The molecule has 0 radical (unpaired) electrons. The van der Waals surface area contributed by atoms with E-state index >= 15 is 0 Å². The van der Waals surface area contributed by atoms with Crippen LogP contribution >= 0.6 is 11.6 Å². The summed E-state index contributed by atoms with van der Waals surface area (Å²) in [6.07, 6.45) is 0. The molecule has 0 bridgehead atoms. The molecule has 0 aliphatic carbocycles. The highest BCUT2D eigenvalue weighted by Gasteiger charge is 1.99. The number of benzene rings is 1. The molecule has 5 N–H and O–H groups in total. The number of hydrogen-bond acceptors (Lipinski definition) is 2. The number of rotatable bonds is 2. The third kappa shape index (κ3) is 2.86. The van der Waals surface area contributed by atoms with Crippen molar-refractivity contribution in [3.05, 3.63) is 34.6 Å². The largest absolute Gasteiger partial charge is 0.369 e. The second kappa shape index (κ2) is 4.78. The molecule has 0 saturated carbocycles. The summed E-state index contributed by atoms with van der Waals surface area (Å²) in [4.78, 5) is 3.86. The van der Waals surface area contributed by atoms with Crippen molar-refractivity contribution in [2.45, 2.75) is 6.54 Å². The highest BCUT2D eigenvalue weighted by atomic mass is 35.5. The van der Waals surface area contributed by atoms with Crippen molar-refractivity contribution in [2.75, 3.05) is 0 Å². The Morgan fingerprint density at radius 3 is 2.86 bits per heavy atom. The summed E-state index contributed by atoms with van der Waals surface area (Å²) in [6, 6.07) is 4.35. The molecule has 0 amide bonds. The first-order valence-electron chi connectivity index (χ1n) is 3.84. The van der Waals surface area contributed by atoms with Crippen LogP contribution in [-0.4, -0.2) is 5.96 Å². The second-order valence-corrected chi connectivity index (χ2v) is 3.00. The molecular weight excluding hydrogens is 207 g/mol. The molecule has 0 saturated heterocycles. The van der Waals surface area contributed by atoms with E-state index < -0.39 is 5.82 Å². The van der Waals surface area contributed by atoms with Crippen LogP contribution < -0.4 is 17.0 Å². The number of hydrogen-bond donors (Lipinski definition) is 3. The van der Waals surface area contributed by atoms with Crippen LogP contribution in [0, 0.1) is 5.82 Å². The van der Waals surface area contributed by atoms with Gasteiger partial charge in [0.05, 0.1) is 11.6 Å². The van der Waals surface area contributed by atoms with E-state index in [1.807, 2.05) is 0 Å². The Bertz CT molecular complexity index is 353. The maximum Gasteiger partial charge on any atom is 0.203 e. The van der Waals surface area contributed by atoms with Crippen molar-refractivity contribution in [1.82, 2.24) is 5.43 Å². The Morgan fingerprint density at radius 2 is 2.29 bits per heavy atom. The van der Waals surface area contributed by atoms with Gasteiger partial charge in [-0.15, -0.1) is 0 Å². The molecule has 76 valence electrons. The summed E-state index contributed by atoms with van der Waals surface area (Å²) in [5, 5.41) is 0.0666. The minimum Gasteiger partial charge on any atom is -0.369 e. The highest BCUT2D eigenvalue weighted by molar-refractivity contribution is 6.30. The summed E-state index contributed by atoms with van der Waals surface area (Å²) < 4.78 is 12.7. The number of hydrazine groups is 1. The van der Waals surface area contributed by atoms with Crippen molar-refractivity contribution >= 4 is 17.6 Å². The average molecular weight is 217 g/mol. The zero-order valence-electron chi connectivity index (χ0n) is 7.30. The van der Waals surface area contributed by atoms with Crippen LogP contribution in [-0.2, 0) is 6.54 Å².